The lowest BCUT2D eigenvalue weighted by Gasteiger charge is -2.24. The second-order valence-corrected chi connectivity index (χ2v) is 10.7. The van der Waals surface area contributed by atoms with Crippen molar-refractivity contribution in [1.82, 2.24) is 9.97 Å². The van der Waals surface area contributed by atoms with Gasteiger partial charge in [-0.3, -0.25) is 0 Å². The van der Waals surface area contributed by atoms with Crippen molar-refractivity contribution in [1.29, 1.82) is 0 Å². The maximum Gasteiger partial charge on any atom is 0.158 e. The van der Waals surface area contributed by atoms with Crippen molar-refractivity contribution >= 4 is 17.3 Å². The van der Waals surface area contributed by atoms with Crippen molar-refractivity contribution < 1.29 is 17.0 Å². The maximum atomic E-state index is 8.53. The second-order valence-electron chi connectivity index (χ2n) is 10.7. The second kappa shape index (κ2) is 11.6. The number of aromatic nitrogens is 2. The lowest BCUT2D eigenvalue weighted by Crippen LogP contribution is -2.25. The van der Waals surface area contributed by atoms with Gasteiger partial charge in [-0.2, -0.15) is 0 Å². The lowest BCUT2D eigenvalue weighted by atomic mass is 9.88. The molecule has 38 heavy (non-hydrogen) atoms. The number of nitrogens with zero attached hydrogens (tertiary/aromatic N) is 3. The Balaban J connectivity index is 1.47. The Hall–Kier alpha value is -3.32. The van der Waals surface area contributed by atoms with Gasteiger partial charge in [-0.25, -0.2) is 9.97 Å². The summed E-state index contributed by atoms with van der Waals surface area (Å²) in [5.41, 5.74) is 2.71. The quantitative estimate of drug-likeness (QED) is 0.317. The van der Waals surface area contributed by atoms with E-state index < -0.39 is 6.56 Å². The molecule has 3 aromatic rings. The average Bonchev–Trinajstić information content (AvgIpc) is 3.23. The molecule has 1 aromatic heterocycles. The first-order valence-corrected chi connectivity index (χ1v) is 13.7. The van der Waals surface area contributed by atoms with E-state index >= 15 is 0 Å². The molecule has 0 unspecified atom stereocenters. The molecule has 0 atom stereocenters. The van der Waals surface area contributed by atoms with E-state index in [1.807, 2.05) is 36.4 Å². The van der Waals surface area contributed by atoms with E-state index in [-0.39, 0.29) is 17.8 Å². The Morgan fingerprint density at radius 2 is 1.71 bits per heavy atom. The topological polar surface area (TPSA) is 68.7 Å². The molecule has 7 heteroatoms. The molecular formula is C31H40N4O3. The van der Waals surface area contributed by atoms with E-state index in [2.05, 4.69) is 36.2 Å². The molecule has 0 bridgehead atoms. The Bertz CT molecular complexity index is 1290. The summed E-state index contributed by atoms with van der Waals surface area (Å²) in [4.78, 5) is 11.6. The minimum absolute atomic E-state index is 0.00489. The van der Waals surface area contributed by atoms with Crippen molar-refractivity contribution in [3.8, 4) is 11.5 Å². The predicted octanol–water partition coefficient (Wildman–Crippen LogP) is 6.77. The van der Waals surface area contributed by atoms with Crippen LogP contribution in [0.25, 0.3) is 0 Å². The molecule has 0 amide bonds. The van der Waals surface area contributed by atoms with Gasteiger partial charge in [0.05, 0.1) is 16.0 Å². The fourth-order valence-corrected chi connectivity index (χ4v) is 5.35. The number of fused-ring (bicyclic) bond motifs is 1. The van der Waals surface area contributed by atoms with E-state index in [9.17, 15) is 0 Å². The summed E-state index contributed by atoms with van der Waals surface area (Å²) in [6, 6.07) is 16.0. The first kappa shape index (κ1) is 23.8. The van der Waals surface area contributed by atoms with Gasteiger partial charge in [0, 0.05) is 36.4 Å². The van der Waals surface area contributed by atoms with Crippen LogP contribution in [0.1, 0.15) is 72.6 Å². The average molecular weight is 519 g/mol. The third-order valence-electron chi connectivity index (χ3n) is 7.31. The van der Waals surface area contributed by atoms with Crippen LogP contribution in [0.5, 0.6) is 11.5 Å². The van der Waals surface area contributed by atoms with Crippen LogP contribution in [0, 0.1) is 0 Å². The number of methoxy groups -OCH3 is 1. The minimum Gasteiger partial charge on any atom is -0.497 e. The molecule has 1 aliphatic heterocycles. The highest BCUT2D eigenvalue weighted by atomic mass is 16.5. The Morgan fingerprint density at radius 3 is 2.39 bits per heavy atom. The summed E-state index contributed by atoms with van der Waals surface area (Å²) < 4.78 is 34.0. The molecule has 2 aliphatic rings. The van der Waals surface area contributed by atoms with Crippen LogP contribution < -0.4 is 19.7 Å². The van der Waals surface area contributed by atoms with Crippen molar-refractivity contribution in [2.75, 3.05) is 30.5 Å². The van der Waals surface area contributed by atoms with E-state index in [1.54, 1.807) is 14.0 Å². The molecule has 2 heterocycles. The Morgan fingerprint density at radius 1 is 1.00 bits per heavy atom. The van der Waals surface area contributed by atoms with Gasteiger partial charge in [0.15, 0.2) is 5.82 Å². The number of nitrogens with one attached hydrogen (secondary N) is 1. The number of hydrogen-bond acceptors (Lipinski definition) is 7. The Kier molecular flexibility index (Phi) is 7.26. The first-order valence-electron chi connectivity index (χ1n) is 14.7. The zero-order valence-corrected chi connectivity index (χ0v) is 22.9. The smallest absolute Gasteiger partial charge is 0.158 e. The van der Waals surface area contributed by atoms with Gasteiger partial charge in [0.1, 0.15) is 29.7 Å². The van der Waals surface area contributed by atoms with Gasteiger partial charge in [0.25, 0.3) is 0 Å². The largest absolute Gasteiger partial charge is 0.497 e. The molecular weight excluding hydrogens is 476 g/mol. The molecule has 1 N–H and O–H groups in total. The van der Waals surface area contributed by atoms with Gasteiger partial charge in [-0.15, -0.1) is 0 Å². The van der Waals surface area contributed by atoms with Crippen LogP contribution >= 0.6 is 0 Å². The van der Waals surface area contributed by atoms with Crippen LogP contribution in [-0.2, 0) is 23.3 Å². The fourth-order valence-electron chi connectivity index (χ4n) is 5.35. The Labute approximate surface area is 229 Å². The van der Waals surface area contributed by atoms with Gasteiger partial charge in [-0.05, 0) is 74.6 Å². The zero-order chi connectivity index (χ0) is 28.3. The molecule has 1 aliphatic carbocycles. The van der Waals surface area contributed by atoms with Gasteiger partial charge in [0.2, 0.25) is 0 Å². The standard InChI is InChI=1S/C31H40N4O3/c1-5-37-20-27-33-29(32-19-22-11-15-24(36-4)16-12-22)28-30(34-27)35(21-31(28,2)3)23-13-17-26(18-14-23)38-25-9-7-6-8-10-25/h11-18,25H,5-10,19-21H2,1-4H3,(H,32,33,34)/i20D2. The van der Waals surface area contributed by atoms with Crippen LogP contribution in [0.3, 0.4) is 0 Å². The number of anilines is 3. The molecule has 2 aromatic carbocycles. The van der Waals surface area contributed by atoms with E-state index in [0.717, 1.165) is 41.2 Å². The fraction of sp³-hybridized carbons (Fsp3) is 0.484. The molecule has 5 rings (SSSR count). The minimum atomic E-state index is -2.13. The lowest BCUT2D eigenvalue weighted by molar-refractivity contribution is 0.128. The third kappa shape index (κ3) is 5.88. The van der Waals surface area contributed by atoms with Gasteiger partial charge < -0.3 is 24.4 Å². The van der Waals surface area contributed by atoms with Gasteiger partial charge in [-0.1, -0.05) is 32.4 Å². The number of ether oxygens (including phenoxy) is 3. The first-order chi connectivity index (χ1) is 19.2. The highest BCUT2D eigenvalue weighted by molar-refractivity contribution is 5.74. The summed E-state index contributed by atoms with van der Waals surface area (Å²) in [7, 11) is 1.65. The van der Waals surface area contributed by atoms with E-state index in [1.165, 1.54) is 19.3 Å². The maximum absolute atomic E-state index is 8.53. The number of benzene rings is 2. The molecule has 1 fully saturated rings. The zero-order valence-electron chi connectivity index (χ0n) is 24.9. The summed E-state index contributed by atoms with van der Waals surface area (Å²) in [5, 5.41) is 3.47. The molecule has 202 valence electrons. The van der Waals surface area contributed by atoms with E-state index in [0.29, 0.717) is 30.8 Å². The van der Waals surface area contributed by atoms with Crippen molar-refractivity contribution in [3.05, 3.63) is 65.5 Å². The predicted molar refractivity (Wildman–Crippen MR) is 152 cm³/mol. The number of rotatable bonds is 10. The molecule has 0 spiro atoms. The molecule has 7 nitrogen and oxygen atoms in total. The highest BCUT2D eigenvalue weighted by Crippen LogP contribution is 2.46. The molecule has 1 saturated carbocycles. The number of hydrogen-bond donors (Lipinski definition) is 1. The van der Waals surface area contributed by atoms with Crippen LogP contribution in [0.15, 0.2) is 48.5 Å². The van der Waals surface area contributed by atoms with E-state index in [4.69, 9.17) is 26.9 Å². The monoisotopic (exact) mass is 518 g/mol. The summed E-state index contributed by atoms with van der Waals surface area (Å²) in [6.07, 6.45) is 6.28. The molecule has 0 radical (unpaired) electrons. The van der Waals surface area contributed by atoms with Crippen LogP contribution in [0.2, 0.25) is 0 Å². The summed E-state index contributed by atoms with van der Waals surface area (Å²) >= 11 is 0. The van der Waals surface area contributed by atoms with Crippen LogP contribution in [-0.4, -0.2) is 36.3 Å². The highest BCUT2D eigenvalue weighted by Gasteiger charge is 2.40. The van der Waals surface area contributed by atoms with Crippen molar-refractivity contribution in [3.63, 3.8) is 0 Å². The summed E-state index contributed by atoms with van der Waals surface area (Å²) in [5.74, 6) is 2.99. The summed E-state index contributed by atoms with van der Waals surface area (Å²) in [6.45, 7) is 5.39. The SMILES string of the molecule is [2H]C([2H])(OCC)c1nc(NCc2ccc(OC)cc2)c2c(n1)N(c1ccc(OC3CCCCC3)cc1)CC2(C)C. The molecule has 0 saturated heterocycles. The van der Waals surface area contributed by atoms with Crippen molar-refractivity contribution in [2.45, 2.75) is 77.5 Å². The van der Waals surface area contributed by atoms with Gasteiger partial charge >= 0.3 is 0 Å². The normalized spacial score (nSPS) is 17.9. The van der Waals surface area contributed by atoms with Crippen molar-refractivity contribution in [2.24, 2.45) is 0 Å². The van der Waals surface area contributed by atoms with Crippen LogP contribution in [0.4, 0.5) is 17.3 Å². The third-order valence-corrected chi connectivity index (χ3v) is 7.31.